The first-order valence-corrected chi connectivity index (χ1v) is 34.5. The van der Waals surface area contributed by atoms with E-state index >= 15 is 0 Å². The van der Waals surface area contributed by atoms with Crippen molar-refractivity contribution in [1.82, 2.24) is 33.4 Å². The number of hydrogen-bond acceptors (Lipinski definition) is 11. The molecule has 0 atom stereocenters. The average molecular weight is 1380 g/mol. The fourth-order valence-electron chi connectivity index (χ4n) is 12.2. The molecule has 514 valence electrons. The molecule has 0 aliphatic rings. The summed E-state index contributed by atoms with van der Waals surface area (Å²) in [4.78, 5) is 57.9. The van der Waals surface area contributed by atoms with Crippen LogP contribution in [0.3, 0.4) is 0 Å². The standard InChI is InChI=1S/C22H20N2O2.2C21H19N3O2.C20H17N3OS/c1-15-7-9-17(10-8-15)13-24-14-19(18-5-3-4-6-20(18)24)23-22(25)21-16(2)11-12-26-21;1-14-7-9-16(10-8-14)11-24-12-18(17-5-3-4-6-19(17)24)23-21(25)20-15(2)26-13-22-20;1-14-7-9-16(10-8-14)12-24-13-18(17-5-3-4-6-19(17)24)23-21(25)20-15(2)11-22-26-20;1-14-6-8-15(9-7-14)10-23-11-17(16-4-2-3-5-19(16)23)22-20(24)18-12-25-13-21-18/h3-12,14H,13H2,1-2H3,(H,23,25);3-10,12-13H,11H2,1-2H3,(H,23,25);3-11,13H,12H2,1-2H3,(H,23,25);2-9,11-13H,10H2,1H3,(H,22,24). The van der Waals surface area contributed by atoms with Gasteiger partial charge in [0.25, 0.3) is 23.6 Å². The van der Waals surface area contributed by atoms with Gasteiger partial charge in [-0.1, -0.05) is 197 Å². The average Bonchev–Trinajstić information content (AvgIpc) is 1.67. The van der Waals surface area contributed by atoms with Gasteiger partial charge in [0.15, 0.2) is 17.8 Å². The number of benzene rings is 8. The second-order valence-corrected chi connectivity index (χ2v) is 26.1. The second-order valence-electron chi connectivity index (χ2n) is 25.4. The van der Waals surface area contributed by atoms with Crippen molar-refractivity contribution in [2.24, 2.45) is 0 Å². The molecule has 18 nitrogen and oxygen atoms in total. The fraction of sp³-hybridized carbons (Fsp3) is 0.131. The quantitative estimate of drug-likeness (QED) is 0.0718. The van der Waals surface area contributed by atoms with Gasteiger partial charge < -0.3 is 52.9 Å². The van der Waals surface area contributed by atoms with Crippen LogP contribution in [0.15, 0.2) is 268 Å². The smallest absolute Gasteiger partial charge is 0.294 e. The number of aryl methyl sites for hydroxylation is 7. The lowest BCUT2D eigenvalue weighted by atomic mass is 10.1. The minimum absolute atomic E-state index is 0.181. The van der Waals surface area contributed by atoms with E-state index in [9.17, 15) is 19.2 Å². The summed E-state index contributed by atoms with van der Waals surface area (Å²) >= 11 is 1.41. The molecule has 0 fully saturated rings. The number of furan rings is 1. The van der Waals surface area contributed by atoms with Crippen LogP contribution in [-0.2, 0) is 26.2 Å². The maximum absolute atomic E-state index is 12.5. The number of oxazole rings is 1. The topological polar surface area (TPSA) is 214 Å². The Hall–Kier alpha value is -12.9. The molecule has 4 amide bonds. The molecule has 0 radical (unpaired) electrons. The molecule has 8 heterocycles. The summed E-state index contributed by atoms with van der Waals surface area (Å²) in [5.74, 6) is 0.115. The van der Waals surface area contributed by atoms with Gasteiger partial charge in [-0.25, -0.2) is 9.97 Å². The fourth-order valence-corrected chi connectivity index (χ4v) is 12.7. The number of fused-ring (bicyclic) bond motifs is 4. The number of nitrogens with zero attached hydrogens (tertiary/aromatic N) is 7. The van der Waals surface area contributed by atoms with Crippen LogP contribution in [0.2, 0.25) is 0 Å². The molecule has 0 saturated carbocycles. The molecule has 8 aromatic carbocycles. The van der Waals surface area contributed by atoms with E-state index in [1.807, 2.05) is 105 Å². The van der Waals surface area contributed by atoms with Crippen LogP contribution in [0.1, 0.15) is 103 Å². The minimum atomic E-state index is -0.293. The summed E-state index contributed by atoms with van der Waals surface area (Å²) in [5, 5.41) is 21.3. The second kappa shape index (κ2) is 31.1. The van der Waals surface area contributed by atoms with E-state index in [2.05, 4.69) is 204 Å². The van der Waals surface area contributed by atoms with Crippen LogP contribution in [-0.4, -0.2) is 57.0 Å². The van der Waals surface area contributed by atoms with E-state index in [0.29, 0.717) is 28.5 Å². The van der Waals surface area contributed by atoms with Crippen LogP contribution in [0, 0.1) is 48.5 Å². The molecule has 4 N–H and O–H groups in total. The molecule has 0 saturated heterocycles. The summed E-state index contributed by atoms with van der Waals surface area (Å²) in [6.07, 6.45) is 12.3. The van der Waals surface area contributed by atoms with E-state index in [1.165, 1.54) is 74.7 Å². The number of para-hydroxylation sites is 4. The summed E-state index contributed by atoms with van der Waals surface area (Å²) in [6.45, 7) is 16.7. The Labute approximate surface area is 598 Å². The Morgan fingerprint density at radius 1 is 0.388 bits per heavy atom. The van der Waals surface area contributed by atoms with Gasteiger partial charge in [-0.2, -0.15) is 0 Å². The number of carbonyl (C=O) groups is 4. The van der Waals surface area contributed by atoms with Crippen molar-refractivity contribution in [3.05, 3.63) is 339 Å². The van der Waals surface area contributed by atoms with Gasteiger partial charge in [0, 0.05) is 89.0 Å². The van der Waals surface area contributed by atoms with E-state index in [0.717, 1.165) is 98.1 Å². The maximum Gasteiger partial charge on any atom is 0.294 e. The number of rotatable bonds is 16. The molecular formula is C84H75N11O7S. The molecule has 8 aromatic heterocycles. The highest BCUT2D eigenvalue weighted by Gasteiger charge is 2.21. The van der Waals surface area contributed by atoms with Gasteiger partial charge in [-0.05, 0) is 101 Å². The van der Waals surface area contributed by atoms with Crippen LogP contribution < -0.4 is 21.3 Å². The third-order valence-corrected chi connectivity index (χ3v) is 18.3. The third-order valence-electron chi connectivity index (χ3n) is 17.7. The molecule has 19 heteroatoms. The summed E-state index contributed by atoms with van der Waals surface area (Å²) in [6, 6.07) is 67.9. The lowest BCUT2D eigenvalue weighted by Crippen LogP contribution is -2.13. The number of carbonyl (C=O) groups excluding carboxylic acids is 4. The van der Waals surface area contributed by atoms with Crippen LogP contribution in [0.4, 0.5) is 22.7 Å². The molecule has 0 aliphatic heterocycles. The highest BCUT2D eigenvalue weighted by molar-refractivity contribution is 7.07. The predicted molar refractivity (Wildman–Crippen MR) is 409 cm³/mol. The molecule has 16 aromatic rings. The van der Waals surface area contributed by atoms with Crippen molar-refractivity contribution >= 4 is 101 Å². The molecule has 0 spiro atoms. The molecule has 16 rings (SSSR count). The lowest BCUT2D eigenvalue weighted by Gasteiger charge is -2.05. The van der Waals surface area contributed by atoms with Crippen molar-refractivity contribution in [3.8, 4) is 0 Å². The molecule has 0 unspecified atom stereocenters. The number of amides is 4. The van der Waals surface area contributed by atoms with Crippen molar-refractivity contribution in [2.75, 3.05) is 21.3 Å². The normalized spacial score (nSPS) is 11.0. The maximum atomic E-state index is 12.5. The Bertz CT molecular complexity index is 5220. The van der Waals surface area contributed by atoms with Gasteiger partial charge in [-0.3, -0.25) is 19.2 Å². The van der Waals surface area contributed by atoms with E-state index < -0.39 is 0 Å². The van der Waals surface area contributed by atoms with E-state index in [1.54, 1.807) is 30.8 Å². The summed E-state index contributed by atoms with van der Waals surface area (Å²) < 4.78 is 24.1. The SMILES string of the molecule is Cc1ccc(Cn2cc(NC(=O)c3cscn3)c3ccccc32)cc1.Cc1ccc(Cn2cc(NC(=O)c3ncoc3C)c3ccccc32)cc1.Cc1ccc(Cn2cc(NC(=O)c3occc3C)c3ccccc32)cc1.Cc1ccc(Cn2cc(NC(=O)c3oncc3C)c3ccccc32)cc1. The largest absolute Gasteiger partial charge is 0.459 e. The van der Waals surface area contributed by atoms with Crippen LogP contribution in [0.5, 0.6) is 0 Å². The monoisotopic (exact) mass is 1380 g/mol. The summed E-state index contributed by atoms with van der Waals surface area (Å²) in [5.41, 5.74) is 21.2. The number of hydrogen-bond donors (Lipinski definition) is 4. The van der Waals surface area contributed by atoms with Crippen molar-refractivity contribution in [3.63, 3.8) is 0 Å². The molecule has 0 aliphatic carbocycles. The van der Waals surface area contributed by atoms with E-state index in [4.69, 9.17) is 13.4 Å². The third kappa shape index (κ3) is 16.2. The Balaban J connectivity index is 0.000000122. The van der Waals surface area contributed by atoms with Gasteiger partial charge in [-0.15, -0.1) is 11.3 Å². The number of aromatic nitrogens is 7. The Kier molecular flexibility index (Phi) is 20.7. The number of anilines is 4. The van der Waals surface area contributed by atoms with Crippen molar-refractivity contribution < 1.29 is 32.5 Å². The predicted octanol–water partition coefficient (Wildman–Crippen LogP) is 19.0. The number of thiazole rings is 1. The van der Waals surface area contributed by atoms with Crippen LogP contribution in [0.25, 0.3) is 43.6 Å². The molecule has 103 heavy (non-hydrogen) atoms. The van der Waals surface area contributed by atoms with Gasteiger partial charge in [0.1, 0.15) is 11.5 Å². The highest BCUT2D eigenvalue weighted by atomic mass is 32.1. The number of nitrogens with one attached hydrogen (secondary N) is 4. The van der Waals surface area contributed by atoms with Gasteiger partial charge >= 0.3 is 0 Å². The molecular weight excluding hydrogens is 1310 g/mol. The first-order chi connectivity index (χ1) is 50.0. The lowest BCUT2D eigenvalue weighted by molar-refractivity contribution is 0.0982. The van der Waals surface area contributed by atoms with Gasteiger partial charge in [0.05, 0.1) is 62.8 Å². The van der Waals surface area contributed by atoms with E-state index in [-0.39, 0.29) is 29.4 Å². The minimum Gasteiger partial charge on any atom is -0.459 e. The Morgan fingerprint density at radius 2 is 0.748 bits per heavy atom. The summed E-state index contributed by atoms with van der Waals surface area (Å²) in [7, 11) is 0. The van der Waals surface area contributed by atoms with Crippen molar-refractivity contribution in [1.29, 1.82) is 0 Å². The van der Waals surface area contributed by atoms with Crippen molar-refractivity contribution in [2.45, 2.75) is 74.6 Å². The first-order valence-electron chi connectivity index (χ1n) is 33.6. The Morgan fingerprint density at radius 3 is 1.07 bits per heavy atom. The zero-order valence-electron chi connectivity index (χ0n) is 58.0. The zero-order valence-corrected chi connectivity index (χ0v) is 58.8. The zero-order chi connectivity index (χ0) is 71.5. The highest BCUT2D eigenvalue weighted by Crippen LogP contribution is 2.32. The molecule has 0 bridgehead atoms. The van der Waals surface area contributed by atoms with Crippen LogP contribution >= 0.6 is 11.3 Å². The van der Waals surface area contributed by atoms with Gasteiger partial charge in [0.2, 0.25) is 5.76 Å². The first kappa shape index (κ1) is 68.6.